The molecule has 1 aromatic rings. The van der Waals surface area contributed by atoms with Gasteiger partial charge in [-0.25, -0.2) is 0 Å². The van der Waals surface area contributed by atoms with E-state index < -0.39 is 0 Å². The first kappa shape index (κ1) is 18.7. The molecule has 0 fully saturated rings. The number of rotatable bonds is 6. The van der Waals surface area contributed by atoms with Crippen molar-refractivity contribution < 1.29 is 53.7 Å². The van der Waals surface area contributed by atoms with Gasteiger partial charge in [0.2, 0.25) is 0 Å². The minimum Gasteiger partial charge on any atom is -0.691 e. The van der Waals surface area contributed by atoms with E-state index >= 15 is 0 Å². The molecule has 0 amide bonds. The second-order valence-electron chi connectivity index (χ2n) is 3.06. The molecule has 0 N–H and O–H groups in total. The predicted molar refractivity (Wildman–Crippen MR) is 68.3 cm³/mol. The minimum absolute atomic E-state index is 0. The van der Waals surface area contributed by atoms with E-state index in [1.165, 1.54) is 0 Å². The van der Waals surface area contributed by atoms with E-state index in [0.29, 0.717) is 17.1 Å². The van der Waals surface area contributed by atoms with Crippen molar-refractivity contribution in [2.75, 3.05) is 4.43 Å². The molecule has 0 bridgehead atoms. The van der Waals surface area contributed by atoms with Crippen molar-refractivity contribution in [2.24, 2.45) is 0 Å². The number of carbonyl (C=O) groups excluding carboxylic acids is 1. The zero-order valence-electron chi connectivity index (χ0n) is 9.97. The zero-order valence-corrected chi connectivity index (χ0v) is 14.9. The van der Waals surface area contributed by atoms with E-state index in [1.54, 1.807) is 25.1 Å². The van der Waals surface area contributed by atoms with Gasteiger partial charge >= 0.3 is 35.5 Å². The zero-order chi connectivity index (χ0) is 12.7. The predicted octanol–water partition coefficient (Wildman–Crippen LogP) is -1.04. The van der Waals surface area contributed by atoms with E-state index in [2.05, 4.69) is 32.0 Å². The van der Waals surface area contributed by atoms with Gasteiger partial charge in [0, 0.05) is 9.32 Å². The molecule has 0 aliphatic carbocycles. The molecule has 94 valence electrons. The summed E-state index contributed by atoms with van der Waals surface area (Å²) in [5.41, 5.74) is 0.784. The van der Waals surface area contributed by atoms with Gasteiger partial charge in [-0.15, -0.1) is 0 Å². The second-order valence-corrected chi connectivity index (χ2v) is 4.91. The largest absolute Gasteiger partial charge is 1.00 e. The molecule has 5 nitrogen and oxygen atoms in total. The monoisotopic (exact) mass is 392 g/mol. The summed E-state index contributed by atoms with van der Waals surface area (Å²) in [5.74, 6) is 0.245. The van der Waals surface area contributed by atoms with Crippen LogP contribution in [0.2, 0.25) is 0 Å². The second kappa shape index (κ2) is 10.4. The summed E-state index contributed by atoms with van der Waals surface area (Å²) in [6.07, 6.45) is 0.379. The van der Waals surface area contributed by atoms with Crippen molar-refractivity contribution in [3.05, 3.63) is 23.8 Å². The molecule has 0 heterocycles. The Balaban J connectivity index is 0.00000289. The van der Waals surface area contributed by atoms with Gasteiger partial charge in [0.1, 0.15) is 5.75 Å². The summed E-state index contributed by atoms with van der Waals surface area (Å²) in [7, 11) is 0. The average molecular weight is 392 g/mol. The molecular weight excluding hydrogens is 382 g/mol. The average Bonchev–Trinajstić information content (AvgIpc) is 2.30. The Labute approximate surface area is 145 Å². The molecule has 0 aliphatic rings. The van der Waals surface area contributed by atoms with Crippen LogP contribution in [0.4, 0.5) is 0 Å². The van der Waals surface area contributed by atoms with Crippen LogP contribution in [0.15, 0.2) is 23.1 Å². The fourth-order valence-corrected chi connectivity index (χ4v) is 1.99. The molecule has 0 unspecified atom stereocenters. The molecule has 1 rings (SSSR count). The van der Waals surface area contributed by atoms with E-state index in [4.69, 9.17) is 4.74 Å². The molecule has 18 heavy (non-hydrogen) atoms. The van der Waals surface area contributed by atoms with Gasteiger partial charge in [-0.1, -0.05) is 22.6 Å². The third-order valence-electron chi connectivity index (χ3n) is 1.83. The molecule has 0 atom stereocenters. The molecule has 0 saturated carbocycles. The first-order chi connectivity index (χ1) is 8.17. The van der Waals surface area contributed by atoms with Gasteiger partial charge in [0.25, 0.3) is 0 Å². The summed E-state index contributed by atoms with van der Waals surface area (Å²) < 4.78 is 10.1. The van der Waals surface area contributed by atoms with Gasteiger partial charge in [0.05, 0.1) is 18.5 Å². The van der Waals surface area contributed by atoms with Gasteiger partial charge in [-0.2, -0.15) is 4.33 Å². The van der Waals surface area contributed by atoms with Crippen LogP contribution in [-0.2, 0) is 14.2 Å². The number of halogens is 1. The van der Waals surface area contributed by atoms with Crippen LogP contribution in [0.5, 0.6) is 5.75 Å². The summed E-state index contributed by atoms with van der Waals surface area (Å²) in [5, 5.41) is 12.9. The normalized spacial score (nSPS) is 9.72. The molecule has 0 aromatic heterocycles. The fourth-order valence-electron chi connectivity index (χ4n) is 1.09. The molecule has 0 spiro atoms. The number of carbonyl (C=O) groups is 1. The summed E-state index contributed by atoms with van der Waals surface area (Å²) >= 11 is 2.91. The van der Waals surface area contributed by atoms with Crippen LogP contribution in [0.3, 0.4) is 0 Å². The van der Waals surface area contributed by atoms with E-state index in [0.717, 1.165) is 22.0 Å². The van der Waals surface area contributed by atoms with Crippen LogP contribution in [0.25, 0.3) is 0 Å². The van der Waals surface area contributed by atoms with Gasteiger partial charge < -0.3 is 9.99 Å². The first-order valence-electron chi connectivity index (χ1n) is 4.68. The van der Waals surface area contributed by atoms with Crippen LogP contribution < -0.4 is 39.6 Å². The maximum Gasteiger partial charge on any atom is 1.00 e. The van der Waals surface area contributed by atoms with Crippen LogP contribution in [0, 0.1) is 6.92 Å². The maximum absolute atomic E-state index is 11.3. The van der Waals surface area contributed by atoms with Gasteiger partial charge in [0.15, 0.2) is 0 Å². The molecule has 8 heteroatoms. The number of benzene rings is 1. The first-order valence-corrected chi connectivity index (χ1v) is 6.94. The maximum atomic E-state index is 11.3. The fraction of sp³-hybridized carbons (Fsp3) is 0.300. The quantitative estimate of drug-likeness (QED) is 0.0901. The standard InChI is InChI=1S/C10H11IO5S.Na/c1-7-6-8(17-16-15-13)2-3-9(7)14-10(12)4-5-11;/h2-3,6,13H,4-5H2,1H3;/q;+1/p-1. The summed E-state index contributed by atoms with van der Waals surface area (Å²) in [4.78, 5) is 12.0. The van der Waals surface area contributed by atoms with Crippen molar-refractivity contribution in [1.29, 1.82) is 0 Å². The summed E-state index contributed by atoms with van der Waals surface area (Å²) in [6.45, 7) is 1.80. The molecule has 0 aliphatic heterocycles. The number of ether oxygens (including phenoxy) is 1. The van der Waals surface area contributed by atoms with Gasteiger partial charge in [-0.3, -0.25) is 9.83 Å². The number of alkyl halides is 1. The van der Waals surface area contributed by atoms with E-state index in [1.807, 2.05) is 0 Å². The van der Waals surface area contributed by atoms with Crippen LogP contribution >= 0.6 is 34.6 Å². The third-order valence-corrected chi connectivity index (χ3v) is 2.94. The minimum atomic E-state index is -0.262. The van der Waals surface area contributed by atoms with E-state index in [9.17, 15) is 10.1 Å². The van der Waals surface area contributed by atoms with Crippen LogP contribution in [0.1, 0.15) is 12.0 Å². The van der Waals surface area contributed by atoms with Crippen molar-refractivity contribution in [2.45, 2.75) is 18.2 Å². The van der Waals surface area contributed by atoms with Crippen molar-refractivity contribution in [3.8, 4) is 5.75 Å². The Morgan fingerprint density at radius 2 is 2.22 bits per heavy atom. The topological polar surface area (TPSA) is 67.8 Å². The SMILES string of the molecule is Cc1cc(SOO[O-])ccc1OC(=O)CCI.[Na+]. The Bertz CT molecular complexity index is 391. The molecule has 0 saturated heterocycles. The number of esters is 1. The van der Waals surface area contributed by atoms with Crippen molar-refractivity contribution in [3.63, 3.8) is 0 Å². The number of aryl methyl sites for hydroxylation is 1. The molecule has 1 aromatic carbocycles. The summed E-state index contributed by atoms with van der Waals surface area (Å²) in [6, 6.07) is 5.05. The van der Waals surface area contributed by atoms with E-state index in [-0.39, 0.29) is 35.5 Å². The third kappa shape index (κ3) is 6.71. The number of hydrogen-bond donors (Lipinski definition) is 0. The smallest absolute Gasteiger partial charge is 0.691 e. The van der Waals surface area contributed by atoms with Gasteiger partial charge in [-0.05, 0) is 30.7 Å². The van der Waals surface area contributed by atoms with Crippen molar-refractivity contribution in [1.82, 2.24) is 0 Å². The van der Waals surface area contributed by atoms with Crippen LogP contribution in [-0.4, -0.2) is 10.4 Å². The van der Waals surface area contributed by atoms with Crippen molar-refractivity contribution >= 4 is 40.6 Å². The number of hydrogen-bond acceptors (Lipinski definition) is 6. The molecule has 0 radical (unpaired) electrons. The Kier molecular flexibility index (Phi) is 10.8. The Hall–Kier alpha value is 0.650. The Morgan fingerprint density at radius 1 is 1.50 bits per heavy atom. The Morgan fingerprint density at radius 3 is 2.78 bits per heavy atom. The molecular formula is C10H10INaO5S.